The van der Waals surface area contributed by atoms with Crippen LogP contribution < -0.4 is 9.80 Å². The molecule has 2 aromatic carbocycles. The number of nitro benzene ring substituents is 1. The van der Waals surface area contributed by atoms with Crippen LogP contribution in [0.4, 0.5) is 17.1 Å². The van der Waals surface area contributed by atoms with Gasteiger partial charge in [-0.1, -0.05) is 24.3 Å². The number of benzene rings is 2. The third-order valence-electron chi connectivity index (χ3n) is 5.69. The van der Waals surface area contributed by atoms with Gasteiger partial charge in [0.25, 0.3) is 11.6 Å². The van der Waals surface area contributed by atoms with E-state index in [2.05, 4.69) is 9.89 Å². The summed E-state index contributed by atoms with van der Waals surface area (Å²) in [5, 5.41) is 11.4. The maximum Gasteiger partial charge on any atom is 0.297 e. The summed E-state index contributed by atoms with van der Waals surface area (Å²) in [6.07, 6.45) is 1.55. The molecule has 5 rings (SSSR count). The molecule has 0 bridgehead atoms. The maximum atomic E-state index is 12.8. The van der Waals surface area contributed by atoms with Crippen LogP contribution >= 0.6 is 0 Å². The quantitative estimate of drug-likeness (QED) is 0.418. The van der Waals surface area contributed by atoms with E-state index in [-0.39, 0.29) is 5.69 Å². The first-order chi connectivity index (χ1) is 15.1. The molecule has 0 unspecified atom stereocenters. The molecule has 0 saturated carbocycles. The number of ether oxygens (including phenoxy) is 1. The van der Waals surface area contributed by atoms with E-state index in [9.17, 15) is 14.9 Å². The molecule has 3 aliphatic heterocycles. The van der Waals surface area contributed by atoms with Gasteiger partial charge in [-0.05, 0) is 24.3 Å². The zero-order valence-electron chi connectivity index (χ0n) is 16.8. The van der Waals surface area contributed by atoms with Gasteiger partial charge in [0.15, 0.2) is 0 Å². The molecular formula is C22H21N5O4. The van der Waals surface area contributed by atoms with Crippen LogP contribution in [-0.4, -0.2) is 61.1 Å². The van der Waals surface area contributed by atoms with Crippen molar-refractivity contribution in [1.82, 2.24) is 4.90 Å². The smallest absolute Gasteiger partial charge is 0.297 e. The number of para-hydroxylation sites is 3. The summed E-state index contributed by atoms with van der Waals surface area (Å²) in [5.41, 5.74) is 2.45. The van der Waals surface area contributed by atoms with Crippen LogP contribution in [-0.2, 0) is 9.53 Å². The van der Waals surface area contributed by atoms with Crippen LogP contribution in [0.5, 0.6) is 0 Å². The lowest BCUT2D eigenvalue weighted by Crippen LogP contribution is -2.43. The number of guanidine groups is 1. The molecule has 158 valence electrons. The molecule has 1 amide bonds. The van der Waals surface area contributed by atoms with Gasteiger partial charge in [-0.25, -0.2) is 0 Å². The number of hydrogen-bond acceptors (Lipinski definition) is 7. The number of morpholine rings is 1. The van der Waals surface area contributed by atoms with Crippen molar-refractivity contribution in [1.29, 1.82) is 0 Å². The average molecular weight is 419 g/mol. The first kappa shape index (κ1) is 19.4. The monoisotopic (exact) mass is 419 g/mol. The van der Waals surface area contributed by atoms with Crippen molar-refractivity contribution in [2.75, 3.05) is 49.2 Å². The van der Waals surface area contributed by atoms with Crippen molar-refractivity contribution in [3.63, 3.8) is 0 Å². The predicted molar refractivity (Wildman–Crippen MR) is 117 cm³/mol. The third-order valence-corrected chi connectivity index (χ3v) is 5.69. The minimum Gasteiger partial charge on any atom is -0.379 e. The molecule has 2 aromatic rings. The molecule has 3 heterocycles. The number of carbonyl (C=O) groups excluding carboxylic acids is 1. The molecule has 0 radical (unpaired) electrons. The lowest BCUT2D eigenvalue weighted by atomic mass is 10.1. The SMILES string of the molecule is O=C1N=C2N(CCN3CCOCC3)c3ccccc3N2C1=Cc1ccccc1[N+](=O)[O-]. The summed E-state index contributed by atoms with van der Waals surface area (Å²) >= 11 is 0. The fraction of sp³-hybridized carbons (Fsp3) is 0.273. The Kier molecular flexibility index (Phi) is 4.97. The minimum atomic E-state index is -0.444. The second kappa shape index (κ2) is 7.93. The van der Waals surface area contributed by atoms with Gasteiger partial charge < -0.3 is 9.64 Å². The van der Waals surface area contributed by atoms with E-state index in [4.69, 9.17) is 4.74 Å². The number of nitrogens with zero attached hydrogens (tertiary/aromatic N) is 5. The number of nitro groups is 1. The van der Waals surface area contributed by atoms with Crippen LogP contribution in [0, 0.1) is 10.1 Å². The Morgan fingerprint density at radius 1 is 1.03 bits per heavy atom. The van der Waals surface area contributed by atoms with Crippen molar-refractivity contribution in [3.8, 4) is 0 Å². The Labute approximate surface area is 179 Å². The number of rotatable bonds is 5. The van der Waals surface area contributed by atoms with E-state index in [1.54, 1.807) is 29.2 Å². The number of amides is 1. The van der Waals surface area contributed by atoms with Crippen molar-refractivity contribution < 1.29 is 14.5 Å². The summed E-state index contributed by atoms with van der Waals surface area (Å²) in [6.45, 7) is 4.72. The molecule has 0 aliphatic carbocycles. The largest absolute Gasteiger partial charge is 0.379 e. The van der Waals surface area contributed by atoms with Crippen molar-refractivity contribution >= 4 is 35.0 Å². The zero-order valence-corrected chi connectivity index (χ0v) is 16.8. The summed E-state index contributed by atoms with van der Waals surface area (Å²) in [6, 6.07) is 14.2. The first-order valence-corrected chi connectivity index (χ1v) is 10.2. The fourth-order valence-corrected chi connectivity index (χ4v) is 4.15. The highest BCUT2D eigenvalue weighted by Gasteiger charge is 2.42. The van der Waals surface area contributed by atoms with E-state index in [1.165, 1.54) is 6.07 Å². The van der Waals surface area contributed by atoms with Gasteiger partial charge >= 0.3 is 0 Å². The van der Waals surface area contributed by atoms with Gasteiger partial charge in [-0.15, -0.1) is 0 Å². The Morgan fingerprint density at radius 3 is 2.52 bits per heavy atom. The predicted octanol–water partition coefficient (Wildman–Crippen LogP) is 2.49. The zero-order chi connectivity index (χ0) is 21.4. The summed E-state index contributed by atoms with van der Waals surface area (Å²) in [4.78, 5) is 34.3. The summed E-state index contributed by atoms with van der Waals surface area (Å²) in [5.74, 6) is 0.142. The number of anilines is 2. The molecule has 1 fully saturated rings. The highest BCUT2D eigenvalue weighted by atomic mass is 16.6. The standard InChI is InChI=1S/C22H21N5O4/c28-21-20(15-16-5-1-2-6-17(16)27(29)30)26-19-8-4-3-7-18(19)25(22(26)23-21)10-9-24-11-13-31-14-12-24/h1-8,15H,9-14H2. The van der Waals surface area contributed by atoms with E-state index in [0.29, 0.717) is 23.8 Å². The number of aliphatic imine (C=N–C) groups is 1. The molecule has 0 aromatic heterocycles. The summed E-state index contributed by atoms with van der Waals surface area (Å²) in [7, 11) is 0. The van der Waals surface area contributed by atoms with Crippen LogP contribution in [0.15, 0.2) is 59.2 Å². The molecule has 31 heavy (non-hydrogen) atoms. The maximum absolute atomic E-state index is 12.8. The van der Waals surface area contributed by atoms with Gasteiger partial charge in [-0.3, -0.25) is 24.7 Å². The van der Waals surface area contributed by atoms with E-state index in [0.717, 1.165) is 44.2 Å². The molecule has 0 N–H and O–H groups in total. The van der Waals surface area contributed by atoms with Gasteiger partial charge in [-0.2, -0.15) is 4.99 Å². The third kappa shape index (κ3) is 3.47. The lowest BCUT2D eigenvalue weighted by molar-refractivity contribution is -0.385. The van der Waals surface area contributed by atoms with Crippen LogP contribution in [0.2, 0.25) is 0 Å². The van der Waals surface area contributed by atoms with E-state index >= 15 is 0 Å². The molecule has 1 saturated heterocycles. The van der Waals surface area contributed by atoms with E-state index in [1.807, 2.05) is 29.2 Å². The molecule has 0 spiro atoms. The number of hydrogen-bond donors (Lipinski definition) is 0. The van der Waals surface area contributed by atoms with Gasteiger partial charge in [0, 0.05) is 32.2 Å². The van der Waals surface area contributed by atoms with Crippen LogP contribution in [0.1, 0.15) is 5.56 Å². The average Bonchev–Trinajstić information content (AvgIpc) is 3.26. The molecule has 9 nitrogen and oxygen atoms in total. The number of fused-ring (bicyclic) bond motifs is 3. The van der Waals surface area contributed by atoms with Crippen molar-refractivity contribution in [2.45, 2.75) is 0 Å². The summed E-state index contributed by atoms with van der Waals surface area (Å²) < 4.78 is 5.42. The second-order valence-electron chi connectivity index (χ2n) is 7.49. The van der Waals surface area contributed by atoms with Crippen LogP contribution in [0.3, 0.4) is 0 Å². The highest BCUT2D eigenvalue weighted by Crippen LogP contribution is 2.42. The van der Waals surface area contributed by atoms with Crippen molar-refractivity contribution in [3.05, 3.63) is 69.9 Å². The Bertz CT molecular complexity index is 1110. The van der Waals surface area contributed by atoms with Gasteiger partial charge in [0.2, 0.25) is 5.96 Å². The second-order valence-corrected chi connectivity index (χ2v) is 7.49. The minimum absolute atomic E-state index is 0.0482. The molecule has 3 aliphatic rings. The lowest BCUT2D eigenvalue weighted by Gasteiger charge is -2.29. The normalized spacial score (nSPS) is 19.5. The Balaban J connectivity index is 1.49. The van der Waals surface area contributed by atoms with Gasteiger partial charge in [0.1, 0.15) is 5.70 Å². The Morgan fingerprint density at radius 2 is 1.74 bits per heavy atom. The van der Waals surface area contributed by atoms with E-state index < -0.39 is 10.8 Å². The molecule has 9 heteroatoms. The topological polar surface area (TPSA) is 91.5 Å². The van der Waals surface area contributed by atoms with Crippen molar-refractivity contribution in [2.24, 2.45) is 4.99 Å². The van der Waals surface area contributed by atoms with Gasteiger partial charge in [0.05, 0.1) is 35.1 Å². The van der Waals surface area contributed by atoms with Crippen LogP contribution in [0.25, 0.3) is 6.08 Å². The highest BCUT2D eigenvalue weighted by molar-refractivity contribution is 6.31. The fourth-order valence-electron chi connectivity index (χ4n) is 4.15. The Hall–Kier alpha value is -3.56. The number of carbonyl (C=O) groups is 1. The first-order valence-electron chi connectivity index (χ1n) is 10.2. The molecular weight excluding hydrogens is 398 g/mol. The molecule has 0 atom stereocenters.